The number of hydrogen-bond acceptors (Lipinski definition) is 3. The summed E-state index contributed by atoms with van der Waals surface area (Å²) >= 11 is 5.47. The lowest BCUT2D eigenvalue weighted by atomic mass is 9.87. The minimum atomic E-state index is -0.415. The molecule has 1 aromatic heterocycles. The summed E-state index contributed by atoms with van der Waals surface area (Å²) in [5.41, 5.74) is 6.98. The molecule has 2 heterocycles. The van der Waals surface area contributed by atoms with Crippen LogP contribution in [0.25, 0.3) is 11.8 Å². The van der Waals surface area contributed by atoms with Crippen molar-refractivity contribution in [3.05, 3.63) is 88.2 Å². The van der Waals surface area contributed by atoms with Crippen LogP contribution >= 0.6 is 12.2 Å². The Bertz CT molecular complexity index is 1360. The van der Waals surface area contributed by atoms with Gasteiger partial charge in [0.15, 0.2) is 5.11 Å². The monoisotopic (exact) mass is 485 g/mol. The molecule has 0 saturated carbocycles. The maximum absolute atomic E-state index is 13.5. The molecular weight excluding hydrogens is 454 g/mol. The molecule has 0 N–H and O–H groups in total. The van der Waals surface area contributed by atoms with Crippen molar-refractivity contribution in [1.82, 2.24) is 9.47 Å². The minimum Gasteiger partial charge on any atom is -0.318 e. The fourth-order valence-corrected chi connectivity index (χ4v) is 4.63. The first kappa shape index (κ1) is 24.6. The third-order valence-corrected chi connectivity index (χ3v) is 6.96. The van der Waals surface area contributed by atoms with Gasteiger partial charge in [-0.2, -0.15) is 0 Å². The molecule has 3 aromatic rings. The number of aryl methyl sites for hydroxylation is 2. The highest BCUT2D eigenvalue weighted by Crippen LogP contribution is 2.29. The highest BCUT2D eigenvalue weighted by atomic mass is 32.1. The maximum atomic E-state index is 13.5. The number of benzene rings is 2. The van der Waals surface area contributed by atoms with E-state index in [0.29, 0.717) is 5.69 Å². The SMILES string of the molecule is Cc1ccc(N2C(=O)/C(=C\c3cc(C)n(-c4ccc(C(C)(C)C)cc4)c3C)C(=O)N(C)C2=S)cc1. The number of hydrogen-bond donors (Lipinski definition) is 0. The van der Waals surface area contributed by atoms with E-state index in [2.05, 4.69) is 49.6 Å². The van der Waals surface area contributed by atoms with Crippen LogP contribution in [0.1, 0.15) is 48.8 Å². The van der Waals surface area contributed by atoms with Gasteiger partial charge < -0.3 is 4.57 Å². The minimum absolute atomic E-state index is 0.0759. The molecule has 0 aliphatic carbocycles. The second kappa shape index (κ2) is 8.93. The number of likely N-dealkylation sites (N-methyl/N-ethyl adjacent to an activating group) is 1. The molecule has 0 unspecified atom stereocenters. The lowest BCUT2D eigenvalue weighted by Crippen LogP contribution is -2.54. The van der Waals surface area contributed by atoms with E-state index < -0.39 is 11.8 Å². The number of carbonyl (C=O) groups excluding carboxylic acids is 2. The van der Waals surface area contributed by atoms with E-state index in [9.17, 15) is 9.59 Å². The van der Waals surface area contributed by atoms with Crippen molar-refractivity contribution in [2.75, 3.05) is 11.9 Å². The molecule has 1 saturated heterocycles. The van der Waals surface area contributed by atoms with Gasteiger partial charge in [-0.15, -0.1) is 0 Å². The molecule has 1 aliphatic rings. The molecule has 0 spiro atoms. The lowest BCUT2D eigenvalue weighted by Gasteiger charge is -2.34. The summed E-state index contributed by atoms with van der Waals surface area (Å²) in [4.78, 5) is 29.4. The zero-order chi connectivity index (χ0) is 25.7. The van der Waals surface area contributed by atoms with E-state index in [-0.39, 0.29) is 16.1 Å². The highest BCUT2D eigenvalue weighted by Gasteiger charge is 2.38. The van der Waals surface area contributed by atoms with E-state index in [1.165, 1.54) is 15.4 Å². The molecular formula is C29H31N3O2S. The van der Waals surface area contributed by atoms with Gasteiger partial charge in [0.05, 0.1) is 5.69 Å². The lowest BCUT2D eigenvalue weighted by molar-refractivity contribution is -0.127. The predicted octanol–water partition coefficient (Wildman–Crippen LogP) is 5.87. The number of anilines is 1. The number of aromatic nitrogens is 1. The number of amides is 2. The molecule has 1 aliphatic heterocycles. The Balaban J connectivity index is 1.75. The van der Waals surface area contributed by atoms with Crippen LogP contribution in [0.3, 0.4) is 0 Å². The van der Waals surface area contributed by atoms with Gasteiger partial charge in [0, 0.05) is 24.1 Å². The smallest absolute Gasteiger partial charge is 0.270 e. The standard InChI is InChI=1S/C29H31N3O2S/c1-18-8-12-24(13-9-18)32-27(34)25(26(33)30(7)28(32)35)17-21-16-19(2)31(20(21)3)23-14-10-22(11-15-23)29(4,5)6/h8-17H,1-7H3/b25-17-. The Morgan fingerprint density at radius 2 is 1.40 bits per heavy atom. The van der Waals surface area contributed by atoms with E-state index >= 15 is 0 Å². The summed E-state index contributed by atoms with van der Waals surface area (Å²) in [6.07, 6.45) is 1.69. The Morgan fingerprint density at radius 1 is 0.829 bits per heavy atom. The van der Waals surface area contributed by atoms with Crippen LogP contribution in [-0.2, 0) is 15.0 Å². The molecule has 5 nitrogen and oxygen atoms in total. The number of rotatable bonds is 3. The molecule has 0 radical (unpaired) electrons. The zero-order valence-electron chi connectivity index (χ0n) is 21.3. The third-order valence-electron chi connectivity index (χ3n) is 6.50. The van der Waals surface area contributed by atoms with Crippen LogP contribution in [0.2, 0.25) is 0 Å². The predicted molar refractivity (Wildman–Crippen MR) is 146 cm³/mol. The molecule has 6 heteroatoms. The average molecular weight is 486 g/mol. The summed E-state index contributed by atoms with van der Waals surface area (Å²) in [5.74, 6) is -0.816. The van der Waals surface area contributed by atoms with Crippen molar-refractivity contribution in [3.8, 4) is 5.69 Å². The topological polar surface area (TPSA) is 45.6 Å². The average Bonchev–Trinajstić information content (AvgIpc) is 3.09. The fraction of sp³-hybridized carbons (Fsp3) is 0.276. The van der Waals surface area contributed by atoms with E-state index in [0.717, 1.165) is 28.2 Å². The Labute approximate surface area is 212 Å². The van der Waals surface area contributed by atoms with Crippen LogP contribution in [-0.4, -0.2) is 33.4 Å². The van der Waals surface area contributed by atoms with Gasteiger partial charge in [-0.1, -0.05) is 50.6 Å². The molecule has 2 aromatic carbocycles. The largest absolute Gasteiger partial charge is 0.318 e. The molecule has 1 fully saturated rings. The quantitative estimate of drug-likeness (QED) is 0.265. The van der Waals surface area contributed by atoms with Crippen LogP contribution in [0, 0.1) is 20.8 Å². The van der Waals surface area contributed by atoms with E-state index in [4.69, 9.17) is 12.2 Å². The highest BCUT2D eigenvalue weighted by molar-refractivity contribution is 7.80. The van der Waals surface area contributed by atoms with Crippen molar-refractivity contribution < 1.29 is 9.59 Å². The van der Waals surface area contributed by atoms with Gasteiger partial charge in [0.25, 0.3) is 11.8 Å². The van der Waals surface area contributed by atoms with Gasteiger partial charge in [0.1, 0.15) is 5.57 Å². The zero-order valence-corrected chi connectivity index (χ0v) is 22.2. The maximum Gasteiger partial charge on any atom is 0.270 e. The Morgan fingerprint density at radius 3 is 1.97 bits per heavy atom. The van der Waals surface area contributed by atoms with Crippen LogP contribution < -0.4 is 4.90 Å². The van der Waals surface area contributed by atoms with Crippen molar-refractivity contribution in [3.63, 3.8) is 0 Å². The summed E-state index contributed by atoms with van der Waals surface area (Å²) in [6.45, 7) is 12.6. The van der Waals surface area contributed by atoms with Crippen LogP contribution in [0.4, 0.5) is 5.69 Å². The normalized spacial score (nSPS) is 16.0. The molecule has 180 valence electrons. The van der Waals surface area contributed by atoms with Gasteiger partial charge in [-0.3, -0.25) is 19.4 Å². The molecule has 0 atom stereocenters. The summed E-state index contributed by atoms with van der Waals surface area (Å²) in [6, 6.07) is 18.0. The first-order valence-electron chi connectivity index (χ1n) is 11.6. The fourth-order valence-electron chi connectivity index (χ4n) is 4.36. The molecule has 35 heavy (non-hydrogen) atoms. The van der Waals surface area contributed by atoms with Gasteiger partial charge in [-0.05, 0) is 85.9 Å². The van der Waals surface area contributed by atoms with Crippen molar-refractivity contribution in [2.24, 2.45) is 0 Å². The van der Waals surface area contributed by atoms with Gasteiger partial charge in [0.2, 0.25) is 0 Å². The second-order valence-electron chi connectivity index (χ2n) is 10.1. The Kier molecular flexibility index (Phi) is 6.28. The summed E-state index contributed by atoms with van der Waals surface area (Å²) in [7, 11) is 1.60. The third kappa shape index (κ3) is 4.46. The van der Waals surface area contributed by atoms with Crippen molar-refractivity contribution in [2.45, 2.75) is 47.0 Å². The molecule has 0 bridgehead atoms. The van der Waals surface area contributed by atoms with Crippen molar-refractivity contribution in [1.29, 1.82) is 0 Å². The van der Waals surface area contributed by atoms with E-state index in [1.54, 1.807) is 13.1 Å². The molecule has 2 amide bonds. The summed E-state index contributed by atoms with van der Waals surface area (Å²) < 4.78 is 2.14. The first-order chi connectivity index (χ1) is 16.4. The first-order valence-corrected chi connectivity index (χ1v) is 12.1. The Hall–Kier alpha value is -3.51. The number of carbonyl (C=O) groups is 2. The van der Waals surface area contributed by atoms with Crippen LogP contribution in [0.5, 0.6) is 0 Å². The second-order valence-corrected chi connectivity index (χ2v) is 10.5. The number of thiocarbonyl (C=S) groups is 1. The van der Waals surface area contributed by atoms with Gasteiger partial charge >= 0.3 is 0 Å². The summed E-state index contributed by atoms with van der Waals surface area (Å²) in [5, 5.41) is 0.172. The van der Waals surface area contributed by atoms with E-state index in [1.807, 2.05) is 51.1 Å². The molecule has 4 rings (SSSR count). The number of nitrogens with zero attached hydrogens (tertiary/aromatic N) is 3. The van der Waals surface area contributed by atoms with Crippen LogP contribution in [0.15, 0.2) is 60.2 Å². The van der Waals surface area contributed by atoms with Crippen molar-refractivity contribution >= 4 is 40.9 Å². The van der Waals surface area contributed by atoms with Gasteiger partial charge in [-0.25, -0.2) is 0 Å².